The summed E-state index contributed by atoms with van der Waals surface area (Å²) in [5.41, 5.74) is 3.32. The number of carbonyl (C=O) groups excluding carboxylic acids is 1. The molecule has 0 saturated heterocycles. The molecule has 3 heteroatoms. The van der Waals surface area contributed by atoms with Gasteiger partial charge in [0.1, 0.15) is 0 Å². The monoisotopic (exact) mass is 322 g/mol. The standard InChI is InChI=1S/C15H12BrClO/c1-9-3-5-11(6-4-9)15(18)12-8-13(16)10(2)7-14(12)17/h3-8H,1-2H3. The van der Waals surface area contributed by atoms with Gasteiger partial charge in [-0.2, -0.15) is 0 Å². The summed E-state index contributed by atoms with van der Waals surface area (Å²) in [4.78, 5) is 12.3. The first-order valence-electron chi connectivity index (χ1n) is 5.56. The van der Waals surface area contributed by atoms with E-state index in [1.807, 2.05) is 38.1 Å². The van der Waals surface area contributed by atoms with E-state index >= 15 is 0 Å². The van der Waals surface area contributed by atoms with Gasteiger partial charge in [-0.05, 0) is 31.5 Å². The smallest absolute Gasteiger partial charge is 0.194 e. The highest BCUT2D eigenvalue weighted by Gasteiger charge is 2.14. The van der Waals surface area contributed by atoms with Crippen LogP contribution >= 0.6 is 27.5 Å². The van der Waals surface area contributed by atoms with E-state index in [2.05, 4.69) is 15.9 Å². The molecule has 0 saturated carbocycles. The molecule has 0 aliphatic rings. The molecule has 0 fully saturated rings. The summed E-state index contributed by atoms with van der Waals surface area (Å²) < 4.78 is 0.891. The molecule has 0 spiro atoms. The molecule has 0 radical (unpaired) electrons. The lowest BCUT2D eigenvalue weighted by molar-refractivity contribution is 0.103. The summed E-state index contributed by atoms with van der Waals surface area (Å²) in [5, 5.41) is 0.487. The van der Waals surface area contributed by atoms with Crippen LogP contribution in [0.1, 0.15) is 27.0 Å². The Balaban J connectivity index is 2.46. The molecule has 0 aromatic heterocycles. The van der Waals surface area contributed by atoms with Gasteiger partial charge in [-0.25, -0.2) is 0 Å². The summed E-state index contributed by atoms with van der Waals surface area (Å²) in [7, 11) is 0. The summed E-state index contributed by atoms with van der Waals surface area (Å²) in [6, 6.07) is 11.1. The first kappa shape index (κ1) is 13.3. The van der Waals surface area contributed by atoms with Gasteiger partial charge in [-0.15, -0.1) is 0 Å². The topological polar surface area (TPSA) is 17.1 Å². The third kappa shape index (κ3) is 2.65. The number of rotatable bonds is 2. The zero-order chi connectivity index (χ0) is 13.3. The summed E-state index contributed by atoms with van der Waals surface area (Å²) in [5.74, 6) is -0.0549. The average Bonchev–Trinajstić information content (AvgIpc) is 2.34. The van der Waals surface area contributed by atoms with Gasteiger partial charge in [0.15, 0.2) is 5.78 Å². The highest BCUT2D eigenvalue weighted by atomic mass is 79.9. The zero-order valence-electron chi connectivity index (χ0n) is 10.1. The third-order valence-corrected chi connectivity index (χ3v) is 3.97. The van der Waals surface area contributed by atoms with E-state index in [4.69, 9.17) is 11.6 Å². The molecule has 1 nitrogen and oxygen atoms in total. The fourth-order valence-corrected chi connectivity index (χ4v) is 2.33. The Morgan fingerprint density at radius 3 is 2.33 bits per heavy atom. The molecule has 0 unspecified atom stereocenters. The van der Waals surface area contributed by atoms with Gasteiger partial charge in [0, 0.05) is 15.6 Å². The van der Waals surface area contributed by atoms with Crippen LogP contribution in [0.2, 0.25) is 5.02 Å². The largest absolute Gasteiger partial charge is 0.289 e. The highest BCUT2D eigenvalue weighted by molar-refractivity contribution is 9.10. The van der Waals surface area contributed by atoms with Crippen molar-refractivity contribution in [1.29, 1.82) is 0 Å². The van der Waals surface area contributed by atoms with E-state index in [1.54, 1.807) is 12.1 Å². The van der Waals surface area contributed by atoms with E-state index in [0.717, 1.165) is 15.6 Å². The SMILES string of the molecule is Cc1ccc(C(=O)c2cc(Br)c(C)cc2Cl)cc1. The van der Waals surface area contributed by atoms with Crippen molar-refractivity contribution in [3.8, 4) is 0 Å². The molecule has 2 aromatic rings. The van der Waals surface area contributed by atoms with E-state index in [0.29, 0.717) is 16.1 Å². The van der Waals surface area contributed by atoms with Crippen LogP contribution in [0.5, 0.6) is 0 Å². The maximum Gasteiger partial charge on any atom is 0.194 e. The normalized spacial score (nSPS) is 10.4. The molecule has 0 heterocycles. The van der Waals surface area contributed by atoms with Gasteiger partial charge in [-0.3, -0.25) is 4.79 Å². The lowest BCUT2D eigenvalue weighted by Gasteiger charge is -2.07. The van der Waals surface area contributed by atoms with Gasteiger partial charge < -0.3 is 0 Å². The molecule has 0 N–H and O–H groups in total. The number of carbonyl (C=O) groups is 1. The molecule has 0 atom stereocenters. The maximum atomic E-state index is 12.3. The van der Waals surface area contributed by atoms with Crippen LogP contribution in [0.15, 0.2) is 40.9 Å². The Kier molecular flexibility index (Phi) is 3.88. The number of aryl methyl sites for hydroxylation is 2. The van der Waals surface area contributed by atoms with Crippen LogP contribution in [0.4, 0.5) is 0 Å². The van der Waals surface area contributed by atoms with Crippen LogP contribution in [0, 0.1) is 13.8 Å². The van der Waals surface area contributed by atoms with E-state index in [9.17, 15) is 4.79 Å². The minimum Gasteiger partial charge on any atom is -0.289 e. The molecular weight excluding hydrogens is 312 g/mol. The lowest BCUT2D eigenvalue weighted by Crippen LogP contribution is -2.02. The Bertz CT molecular complexity index is 603. The number of ketones is 1. The molecule has 0 aliphatic heterocycles. The first-order chi connectivity index (χ1) is 8.49. The van der Waals surface area contributed by atoms with Crippen LogP contribution in [0.3, 0.4) is 0 Å². The highest BCUT2D eigenvalue weighted by Crippen LogP contribution is 2.27. The number of hydrogen-bond donors (Lipinski definition) is 0. The second-order valence-corrected chi connectivity index (χ2v) is 5.54. The van der Waals surface area contributed by atoms with Gasteiger partial charge in [0.05, 0.1) is 5.02 Å². The van der Waals surface area contributed by atoms with Crippen molar-refractivity contribution in [3.05, 3.63) is 68.1 Å². The van der Waals surface area contributed by atoms with Crippen LogP contribution in [0.25, 0.3) is 0 Å². The number of benzene rings is 2. The average molecular weight is 324 g/mol. The maximum absolute atomic E-state index is 12.3. The predicted molar refractivity (Wildman–Crippen MR) is 78.5 cm³/mol. The quantitative estimate of drug-likeness (QED) is 0.715. The third-order valence-electron chi connectivity index (χ3n) is 2.81. The fourth-order valence-electron chi connectivity index (χ4n) is 1.68. The minimum atomic E-state index is -0.0549. The molecule has 2 aromatic carbocycles. The lowest BCUT2D eigenvalue weighted by atomic mass is 10.0. The van der Waals surface area contributed by atoms with Gasteiger partial charge in [0.25, 0.3) is 0 Å². The number of halogens is 2. The summed E-state index contributed by atoms with van der Waals surface area (Å²) in [6.45, 7) is 3.93. The van der Waals surface area contributed by atoms with Crippen molar-refractivity contribution >= 4 is 33.3 Å². The first-order valence-corrected chi connectivity index (χ1v) is 6.73. The van der Waals surface area contributed by atoms with E-state index < -0.39 is 0 Å². The Morgan fingerprint density at radius 2 is 1.72 bits per heavy atom. The Labute approximate surface area is 120 Å². The van der Waals surface area contributed by atoms with Crippen LogP contribution in [-0.2, 0) is 0 Å². The molecule has 0 amide bonds. The second-order valence-electron chi connectivity index (χ2n) is 4.28. The van der Waals surface area contributed by atoms with Crippen LogP contribution in [-0.4, -0.2) is 5.78 Å². The Morgan fingerprint density at radius 1 is 1.11 bits per heavy atom. The van der Waals surface area contributed by atoms with Gasteiger partial charge in [-0.1, -0.05) is 57.4 Å². The molecule has 18 heavy (non-hydrogen) atoms. The molecule has 92 valence electrons. The Hall–Kier alpha value is -1.12. The molecule has 2 rings (SSSR count). The van der Waals surface area contributed by atoms with Crippen LogP contribution < -0.4 is 0 Å². The molecule has 0 aliphatic carbocycles. The summed E-state index contributed by atoms with van der Waals surface area (Å²) >= 11 is 9.56. The van der Waals surface area contributed by atoms with Crippen molar-refractivity contribution in [1.82, 2.24) is 0 Å². The minimum absolute atomic E-state index is 0.0549. The van der Waals surface area contributed by atoms with Crippen molar-refractivity contribution in [2.45, 2.75) is 13.8 Å². The van der Waals surface area contributed by atoms with Crippen molar-refractivity contribution in [2.24, 2.45) is 0 Å². The van der Waals surface area contributed by atoms with E-state index in [1.165, 1.54) is 0 Å². The van der Waals surface area contributed by atoms with Crippen molar-refractivity contribution in [2.75, 3.05) is 0 Å². The van der Waals surface area contributed by atoms with E-state index in [-0.39, 0.29) is 5.78 Å². The fraction of sp³-hybridized carbons (Fsp3) is 0.133. The second kappa shape index (κ2) is 5.25. The zero-order valence-corrected chi connectivity index (χ0v) is 12.5. The van der Waals surface area contributed by atoms with Crippen molar-refractivity contribution in [3.63, 3.8) is 0 Å². The predicted octanol–water partition coefficient (Wildman–Crippen LogP) is 4.95. The summed E-state index contributed by atoms with van der Waals surface area (Å²) in [6.07, 6.45) is 0. The van der Waals surface area contributed by atoms with Gasteiger partial charge >= 0.3 is 0 Å². The van der Waals surface area contributed by atoms with Gasteiger partial charge in [0.2, 0.25) is 0 Å². The molecular formula is C15H12BrClO. The molecule has 0 bridgehead atoms. The number of hydrogen-bond acceptors (Lipinski definition) is 1. The van der Waals surface area contributed by atoms with Crippen molar-refractivity contribution < 1.29 is 4.79 Å².